The van der Waals surface area contributed by atoms with Gasteiger partial charge in [0.15, 0.2) is 0 Å². The number of carbonyl (C=O) groups is 1. The number of hydrogen-bond donors (Lipinski definition) is 2. The third-order valence-electron chi connectivity index (χ3n) is 0.354. The van der Waals surface area contributed by atoms with E-state index in [2.05, 4.69) is 11.5 Å². The van der Waals surface area contributed by atoms with E-state index in [1.165, 1.54) is 0 Å². The fourth-order valence-electron chi connectivity index (χ4n) is 0. The quantitative estimate of drug-likeness (QED) is 0.427. The maximum absolute atomic E-state index is 9.00. The molecule has 4 N–H and O–H groups in total. The van der Waals surface area contributed by atoms with Crippen LogP contribution >= 0.6 is 0 Å². The van der Waals surface area contributed by atoms with Gasteiger partial charge in [-0.05, 0) is 0 Å². The van der Waals surface area contributed by atoms with Crippen LogP contribution in [0.4, 0.5) is 4.79 Å². The molecule has 0 radical (unpaired) electrons. The zero-order valence-electron chi connectivity index (χ0n) is 4.18. The number of carbonyl (C=O) groups excluding carboxylic acids is 1. The zero-order chi connectivity index (χ0) is 5.70. The molecule has 1 fully saturated rings. The molecule has 0 unspecified atom stereocenters. The van der Waals surface area contributed by atoms with Crippen LogP contribution in [0.3, 0.4) is 0 Å². The zero-order valence-corrected chi connectivity index (χ0v) is 6.39. The molecule has 0 atom stereocenters. The maximum atomic E-state index is 9.00. The van der Waals surface area contributed by atoms with Crippen molar-refractivity contribution >= 4 is 39.9 Å². The van der Waals surface area contributed by atoms with Gasteiger partial charge in [0.05, 0.1) is 0 Å². The van der Waals surface area contributed by atoms with Crippen LogP contribution < -0.4 is 11.5 Å². The van der Waals surface area contributed by atoms with Gasteiger partial charge in [0.1, 0.15) is 0 Å². The van der Waals surface area contributed by atoms with Gasteiger partial charge >= 0.3 is 44.9 Å². The van der Waals surface area contributed by atoms with Crippen LogP contribution in [-0.2, 0) is 0 Å². The van der Waals surface area contributed by atoms with E-state index in [-0.39, 0.29) is 0 Å². The fraction of sp³-hybridized carbons (Fsp3) is 0.667. The van der Waals surface area contributed by atoms with Gasteiger partial charge in [-0.3, -0.25) is 0 Å². The van der Waals surface area contributed by atoms with E-state index in [0.29, 0.717) is 33.8 Å². The van der Waals surface area contributed by atoms with Crippen molar-refractivity contribution in [3.63, 3.8) is 0 Å². The standard InChI is InChI=1S/C2H4.CH4N2O.Ca/c1-2;2-1(3)4;/h1-2H2;(H4,2,3,4);. The predicted molar refractivity (Wildman–Crippen MR) is 29.1 cm³/mol. The Bertz CT molecular complexity index is 57.2. The first-order valence-electron chi connectivity index (χ1n) is 2.28. The molecule has 38 valence electrons. The second-order valence-electron chi connectivity index (χ2n) is 1.46. The summed E-state index contributed by atoms with van der Waals surface area (Å²) in [6, 6.07) is -0.833. The first-order chi connectivity index (χ1) is 3.23. The van der Waals surface area contributed by atoms with Gasteiger partial charge in [-0.1, -0.05) is 0 Å². The Morgan fingerprint density at radius 3 is 1.57 bits per heavy atom. The van der Waals surface area contributed by atoms with Crippen molar-refractivity contribution < 1.29 is 4.79 Å². The van der Waals surface area contributed by atoms with E-state index >= 15 is 0 Å². The van der Waals surface area contributed by atoms with E-state index < -0.39 is 6.03 Å². The first kappa shape index (κ1) is 7.53. The first-order valence-corrected chi connectivity index (χ1v) is 5.40. The molecule has 1 aliphatic rings. The molecule has 1 saturated heterocycles. The third kappa shape index (κ3) is 57.3. The molecule has 0 spiro atoms. The Hall–Kier alpha value is 0.530. The van der Waals surface area contributed by atoms with Gasteiger partial charge in [0.25, 0.3) is 0 Å². The molecule has 1 aliphatic heterocycles. The molecule has 0 aromatic heterocycles. The molecule has 1 heterocycles. The Labute approximate surface area is 60.7 Å². The van der Waals surface area contributed by atoms with Crippen LogP contribution in [0, 0.1) is 0 Å². The summed E-state index contributed by atoms with van der Waals surface area (Å²) in [5, 5.41) is 0. The van der Waals surface area contributed by atoms with E-state index in [9.17, 15) is 0 Å². The van der Waals surface area contributed by atoms with Crippen molar-refractivity contribution in [3.8, 4) is 0 Å². The number of primary amides is 2. The van der Waals surface area contributed by atoms with Crippen LogP contribution in [0.2, 0.25) is 5.04 Å². The minimum absolute atomic E-state index is 0.375. The SMILES string of the molecule is NC(N)=O.[CH2]1[CH2][Ca]1. The van der Waals surface area contributed by atoms with Crippen molar-refractivity contribution in [2.75, 3.05) is 0 Å². The number of urea groups is 1. The predicted octanol–water partition coefficient (Wildman–Crippen LogP) is -0.435. The van der Waals surface area contributed by atoms with E-state index in [0.717, 1.165) is 0 Å². The molecule has 1 rings (SSSR count). The summed E-state index contributed by atoms with van der Waals surface area (Å²) in [5.41, 5.74) is 8.50. The van der Waals surface area contributed by atoms with Crippen LogP contribution in [0.1, 0.15) is 0 Å². The van der Waals surface area contributed by atoms with Crippen molar-refractivity contribution in [3.05, 3.63) is 0 Å². The summed E-state index contributed by atoms with van der Waals surface area (Å²) < 4.78 is 3.38. The number of rotatable bonds is 0. The fourth-order valence-corrected chi connectivity index (χ4v) is 0. The molecular weight excluding hydrogens is 120 g/mol. The van der Waals surface area contributed by atoms with Gasteiger partial charge in [-0.25, -0.2) is 4.79 Å². The topological polar surface area (TPSA) is 69.1 Å². The average molecular weight is 128 g/mol. The van der Waals surface area contributed by atoms with Crippen LogP contribution in [0.5, 0.6) is 0 Å². The Morgan fingerprint density at radius 1 is 1.43 bits per heavy atom. The molecular formula is C3H8CaN2O. The normalized spacial score (nSPS) is 11.4. The Balaban J connectivity index is 0.000000105. The van der Waals surface area contributed by atoms with Crippen LogP contribution in [0.15, 0.2) is 0 Å². The van der Waals surface area contributed by atoms with Crippen molar-refractivity contribution in [2.24, 2.45) is 11.5 Å². The monoisotopic (exact) mass is 128 g/mol. The number of hydrogen-bond acceptors (Lipinski definition) is 1. The summed E-state index contributed by atoms with van der Waals surface area (Å²) in [4.78, 5) is 9.00. The summed E-state index contributed by atoms with van der Waals surface area (Å²) in [7, 11) is 0. The molecule has 0 aliphatic carbocycles. The molecule has 4 heteroatoms. The van der Waals surface area contributed by atoms with E-state index in [1.807, 2.05) is 0 Å². The Kier molecular flexibility index (Phi) is 5.04. The van der Waals surface area contributed by atoms with Gasteiger partial charge < -0.3 is 11.5 Å². The molecule has 7 heavy (non-hydrogen) atoms. The van der Waals surface area contributed by atoms with Gasteiger partial charge in [-0.15, -0.1) is 0 Å². The second-order valence-corrected chi connectivity index (χ2v) is 4.78. The summed E-state index contributed by atoms with van der Waals surface area (Å²) in [5.74, 6) is 0. The Morgan fingerprint density at radius 2 is 1.57 bits per heavy atom. The van der Waals surface area contributed by atoms with Gasteiger partial charge in [-0.2, -0.15) is 0 Å². The van der Waals surface area contributed by atoms with Crippen molar-refractivity contribution in [1.29, 1.82) is 0 Å². The number of nitrogens with two attached hydrogens (primary N) is 2. The van der Waals surface area contributed by atoms with Crippen LogP contribution in [0.25, 0.3) is 0 Å². The van der Waals surface area contributed by atoms with E-state index in [4.69, 9.17) is 4.79 Å². The molecule has 0 bridgehead atoms. The molecule has 0 aromatic rings. The average Bonchev–Trinajstić information content (AvgIpc) is 2.02. The van der Waals surface area contributed by atoms with Crippen LogP contribution in [-0.4, -0.2) is 39.9 Å². The number of amides is 2. The van der Waals surface area contributed by atoms with E-state index in [1.54, 1.807) is 5.04 Å². The third-order valence-corrected chi connectivity index (χ3v) is 1.46. The molecule has 2 amide bonds. The molecule has 0 saturated carbocycles. The van der Waals surface area contributed by atoms with Gasteiger partial charge in [0, 0.05) is 0 Å². The second kappa shape index (κ2) is 4.68. The summed E-state index contributed by atoms with van der Waals surface area (Å²) in [6.45, 7) is 0. The van der Waals surface area contributed by atoms with Crippen molar-refractivity contribution in [1.82, 2.24) is 0 Å². The molecule has 3 nitrogen and oxygen atoms in total. The minimum atomic E-state index is -0.833. The summed E-state index contributed by atoms with van der Waals surface area (Å²) in [6.07, 6.45) is 0. The molecule has 0 aromatic carbocycles. The van der Waals surface area contributed by atoms with Gasteiger partial charge in [0.2, 0.25) is 0 Å². The summed E-state index contributed by atoms with van der Waals surface area (Å²) >= 11 is 0.375. The van der Waals surface area contributed by atoms with Crippen molar-refractivity contribution in [2.45, 2.75) is 5.04 Å².